The van der Waals surface area contributed by atoms with Gasteiger partial charge in [0, 0.05) is 22.5 Å². The van der Waals surface area contributed by atoms with Gasteiger partial charge in [0.15, 0.2) is 9.84 Å². The van der Waals surface area contributed by atoms with Gasteiger partial charge in [0.05, 0.1) is 22.9 Å². The molecule has 1 N–H and O–H groups in total. The van der Waals surface area contributed by atoms with Crippen molar-refractivity contribution in [3.8, 4) is 0 Å². The zero-order valence-electron chi connectivity index (χ0n) is 19.8. The second-order valence-corrected chi connectivity index (χ2v) is 11.6. The Balaban J connectivity index is 2.19. The van der Waals surface area contributed by atoms with Gasteiger partial charge in [0.25, 0.3) is 0 Å². The van der Waals surface area contributed by atoms with E-state index in [1.54, 1.807) is 18.2 Å². The average molecular weight is 510 g/mol. The molecule has 0 amide bonds. The van der Waals surface area contributed by atoms with Crippen molar-refractivity contribution in [2.75, 3.05) is 30.1 Å². The summed E-state index contributed by atoms with van der Waals surface area (Å²) in [7, 11) is -3.66. The molecule has 0 fully saturated rings. The highest BCUT2D eigenvalue weighted by Gasteiger charge is 2.41. The SMILES string of the molecule is CCCC[C@]1(CC)CN(c2ccc(F)cc2)c2cc(SC)c(COCC(=O)O)cc2S(=O)(=O)C1. The monoisotopic (exact) mass is 509 g/mol. The standard InChI is InChI=1S/C25H32FNO5S2/c1-4-6-11-25(5-2)16-27(20-9-7-19(26)8-10-20)21-13-22(33-3)18(14-32-15-24(28)29)12-23(21)34(30,31)17-25/h7-10,12-13H,4-6,11,14-17H2,1-3H3,(H,28,29)/t25-/m1/s1. The van der Waals surface area contributed by atoms with Gasteiger partial charge in [-0.2, -0.15) is 0 Å². The van der Waals surface area contributed by atoms with Crippen LogP contribution in [-0.2, 0) is 26.0 Å². The number of rotatable bonds is 10. The molecule has 0 radical (unpaired) electrons. The number of fused-ring (bicyclic) bond motifs is 1. The maximum absolute atomic E-state index is 13.8. The fourth-order valence-electron chi connectivity index (χ4n) is 4.49. The summed E-state index contributed by atoms with van der Waals surface area (Å²) in [6.07, 6.45) is 5.23. The van der Waals surface area contributed by atoms with Crippen LogP contribution in [0.2, 0.25) is 0 Å². The number of carboxylic acid groups (broad SMARTS) is 1. The number of ether oxygens (including phenoxy) is 1. The first-order valence-electron chi connectivity index (χ1n) is 11.4. The predicted molar refractivity (Wildman–Crippen MR) is 133 cm³/mol. The predicted octanol–water partition coefficient (Wildman–Crippen LogP) is 5.66. The van der Waals surface area contributed by atoms with Gasteiger partial charge < -0.3 is 14.7 Å². The number of thioether (sulfide) groups is 1. The smallest absolute Gasteiger partial charge is 0.329 e. The number of nitrogens with zero attached hydrogens (tertiary/aromatic N) is 1. The van der Waals surface area contributed by atoms with E-state index in [0.29, 0.717) is 24.2 Å². The lowest BCUT2D eigenvalue weighted by atomic mass is 9.81. The summed E-state index contributed by atoms with van der Waals surface area (Å²) < 4.78 is 46.5. The number of sulfone groups is 1. The van der Waals surface area contributed by atoms with Crippen LogP contribution in [0.3, 0.4) is 0 Å². The van der Waals surface area contributed by atoms with E-state index in [9.17, 15) is 17.6 Å². The highest BCUT2D eigenvalue weighted by atomic mass is 32.2. The van der Waals surface area contributed by atoms with Gasteiger partial charge in [-0.05, 0) is 61.1 Å². The van der Waals surface area contributed by atoms with Gasteiger partial charge in [-0.25, -0.2) is 17.6 Å². The van der Waals surface area contributed by atoms with Crippen molar-refractivity contribution in [3.63, 3.8) is 0 Å². The third-order valence-corrected chi connectivity index (χ3v) is 9.22. The molecule has 9 heteroatoms. The summed E-state index contributed by atoms with van der Waals surface area (Å²) in [6.45, 7) is 4.16. The highest BCUT2D eigenvalue weighted by Crippen LogP contribution is 2.46. The minimum atomic E-state index is -3.66. The summed E-state index contributed by atoms with van der Waals surface area (Å²) in [6, 6.07) is 9.60. The molecule has 0 unspecified atom stereocenters. The van der Waals surface area contributed by atoms with Gasteiger partial charge in [0.1, 0.15) is 12.4 Å². The van der Waals surface area contributed by atoms with Crippen LogP contribution in [0.1, 0.15) is 45.1 Å². The molecule has 0 spiro atoms. The van der Waals surface area contributed by atoms with E-state index in [0.717, 1.165) is 29.8 Å². The molecule has 0 saturated carbocycles. The first kappa shape index (κ1) is 26.5. The number of carbonyl (C=O) groups is 1. The molecule has 0 aromatic heterocycles. The second-order valence-electron chi connectivity index (χ2n) is 8.80. The van der Waals surface area contributed by atoms with Crippen molar-refractivity contribution in [1.82, 2.24) is 0 Å². The summed E-state index contributed by atoms with van der Waals surface area (Å²) >= 11 is 1.44. The first-order valence-corrected chi connectivity index (χ1v) is 14.3. The van der Waals surface area contributed by atoms with Crippen LogP contribution in [0.5, 0.6) is 0 Å². The number of hydrogen-bond donors (Lipinski definition) is 1. The van der Waals surface area contributed by atoms with Crippen molar-refractivity contribution in [2.24, 2.45) is 5.41 Å². The molecule has 6 nitrogen and oxygen atoms in total. The van der Waals surface area contributed by atoms with Gasteiger partial charge in [-0.15, -0.1) is 11.8 Å². The summed E-state index contributed by atoms with van der Waals surface area (Å²) in [5.41, 5.74) is 1.47. The van der Waals surface area contributed by atoms with E-state index in [4.69, 9.17) is 9.84 Å². The van der Waals surface area contributed by atoms with E-state index in [1.807, 2.05) is 24.1 Å². The molecule has 1 aliphatic heterocycles. The van der Waals surface area contributed by atoms with Crippen molar-refractivity contribution in [2.45, 2.75) is 55.9 Å². The van der Waals surface area contributed by atoms with Crippen molar-refractivity contribution in [3.05, 3.63) is 47.8 Å². The Kier molecular flexibility index (Phi) is 8.65. The number of benzene rings is 2. The largest absolute Gasteiger partial charge is 0.480 e. The van der Waals surface area contributed by atoms with E-state index >= 15 is 0 Å². The van der Waals surface area contributed by atoms with Crippen LogP contribution >= 0.6 is 11.8 Å². The number of anilines is 2. The third-order valence-electron chi connectivity index (χ3n) is 6.41. The number of unbranched alkanes of at least 4 members (excludes halogenated alkanes) is 1. The minimum absolute atomic E-state index is 0.00340. The maximum atomic E-state index is 13.8. The fourth-order valence-corrected chi connectivity index (χ4v) is 7.32. The Labute approximate surface area is 205 Å². The summed E-state index contributed by atoms with van der Waals surface area (Å²) in [5, 5.41) is 8.91. The fraction of sp³-hybridized carbons (Fsp3) is 0.480. The Morgan fingerprint density at radius 3 is 2.53 bits per heavy atom. The Morgan fingerprint density at radius 1 is 1.24 bits per heavy atom. The lowest BCUT2D eigenvalue weighted by Crippen LogP contribution is -2.37. The molecule has 186 valence electrons. The molecular formula is C25H32FNO5S2. The van der Waals surface area contributed by atoms with Crippen LogP contribution in [0, 0.1) is 11.2 Å². The van der Waals surface area contributed by atoms with Gasteiger partial charge in [-0.1, -0.05) is 26.7 Å². The molecule has 3 rings (SSSR count). The lowest BCUT2D eigenvalue weighted by molar-refractivity contribution is -0.142. The zero-order valence-corrected chi connectivity index (χ0v) is 21.5. The zero-order chi connectivity index (χ0) is 24.9. The normalized spacial score (nSPS) is 19.5. The van der Waals surface area contributed by atoms with E-state index in [2.05, 4.69) is 6.92 Å². The van der Waals surface area contributed by atoms with E-state index in [-0.39, 0.29) is 23.1 Å². The molecule has 2 aromatic rings. The molecule has 0 saturated heterocycles. The van der Waals surface area contributed by atoms with Crippen LogP contribution in [-0.4, -0.2) is 44.7 Å². The van der Waals surface area contributed by atoms with Crippen LogP contribution < -0.4 is 4.90 Å². The Bertz CT molecular complexity index is 1120. The molecule has 34 heavy (non-hydrogen) atoms. The van der Waals surface area contributed by atoms with Crippen molar-refractivity contribution < 1.29 is 27.4 Å². The molecule has 0 aliphatic carbocycles. The molecular weight excluding hydrogens is 477 g/mol. The van der Waals surface area contributed by atoms with Gasteiger partial charge in [0.2, 0.25) is 0 Å². The third kappa shape index (κ3) is 5.93. The number of aliphatic carboxylic acids is 1. The van der Waals surface area contributed by atoms with Crippen LogP contribution in [0.4, 0.5) is 15.8 Å². The molecule has 1 heterocycles. The van der Waals surface area contributed by atoms with Crippen LogP contribution in [0.15, 0.2) is 46.2 Å². The van der Waals surface area contributed by atoms with Crippen molar-refractivity contribution in [1.29, 1.82) is 0 Å². The molecule has 2 aromatic carbocycles. The molecule has 0 bridgehead atoms. The average Bonchev–Trinajstić information content (AvgIpc) is 2.90. The molecule has 1 aliphatic rings. The van der Waals surface area contributed by atoms with Gasteiger partial charge in [-0.3, -0.25) is 0 Å². The summed E-state index contributed by atoms with van der Waals surface area (Å²) in [5.74, 6) is -1.41. The number of hydrogen-bond acceptors (Lipinski definition) is 6. The van der Waals surface area contributed by atoms with Gasteiger partial charge >= 0.3 is 5.97 Å². The van der Waals surface area contributed by atoms with Crippen LogP contribution in [0.25, 0.3) is 0 Å². The number of halogens is 1. The first-order chi connectivity index (χ1) is 16.1. The van der Waals surface area contributed by atoms with E-state index in [1.165, 1.54) is 23.9 Å². The minimum Gasteiger partial charge on any atom is -0.480 e. The van der Waals surface area contributed by atoms with Crippen molar-refractivity contribution >= 4 is 38.9 Å². The molecule has 1 atom stereocenters. The highest BCUT2D eigenvalue weighted by molar-refractivity contribution is 7.98. The lowest BCUT2D eigenvalue weighted by Gasteiger charge is -2.36. The topological polar surface area (TPSA) is 83.9 Å². The Hall–Kier alpha value is -2.10. The Morgan fingerprint density at radius 2 is 1.94 bits per heavy atom. The maximum Gasteiger partial charge on any atom is 0.329 e. The second kappa shape index (κ2) is 11.1. The quantitative estimate of drug-likeness (QED) is 0.414. The number of carboxylic acids is 1. The van der Waals surface area contributed by atoms with E-state index < -0.39 is 27.8 Å². The summed E-state index contributed by atoms with van der Waals surface area (Å²) in [4.78, 5) is 13.9.